The third-order valence-electron chi connectivity index (χ3n) is 2.63. The third kappa shape index (κ3) is 2.90. The molecule has 0 aliphatic heterocycles. The normalized spacial score (nSPS) is 10.8. The van der Waals surface area contributed by atoms with Crippen molar-refractivity contribution in [2.24, 2.45) is 0 Å². The maximum Gasteiger partial charge on any atom is 0.264 e. The first-order chi connectivity index (χ1) is 9.44. The summed E-state index contributed by atoms with van der Waals surface area (Å²) in [5.74, 6) is 0. The Balaban J connectivity index is 2.44. The van der Waals surface area contributed by atoms with Crippen molar-refractivity contribution in [3.05, 3.63) is 52.8 Å². The Morgan fingerprint density at radius 2 is 2.10 bits per heavy atom. The fourth-order valence-electron chi connectivity index (χ4n) is 1.56. The van der Waals surface area contributed by atoms with Crippen molar-refractivity contribution in [1.82, 2.24) is 4.98 Å². The Bertz CT molecular complexity index is 798. The van der Waals surface area contributed by atoms with Crippen LogP contribution in [0.1, 0.15) is 11.1 Å². The molecule has 0 bridgehead atoms. The molecular weight excluding hydrogens is 298 g/mol. The van der Waals surface area contributed by atoms with Crippen molar-refractivity contribution in [2.45, 2.75) is 11.8 Å². The minimum Gasteiger partial charge on any atom is -0.279 e. The third-order valence-corrected chi connectivity index (χ3v) is 4.47. The number of hydrogen-bond donors (Lipinski definition) is 1. The zero-order chi connectivity index (χ0) is 14.8. The molecule has 0 radical (unpaired) electrons. The van der Waals surface area contributed by atoms with Gasteiger partial charge in [0.2, 0.25) is 0 Å². The number of nitrogens with zero attached hydrogens (tertiary/aromatic N) is 2. The fraction of sp³-hybridized carbons (Fsp3) is 0.0769. The molecule has 20 heavy (non-hydrogen) atoms. The minimum absolute atomic E-state index is 0.0848. The highest BCUT2D eigenvalue weighted by Crippen LogP contribution is 2.24. The molecule has 0 atom stereocenters. The van der Waals surface area contributed by atoms with Gasteiger partial charge in [-0.25, -0.2) is 8.42 Å². The van der Waals surface area contributed by atoms with Gasteiger partial charge in [-0.2, -0.15) is 5.26 Å². The monoisotopic (exact) mass is 307 g/mol. The average Bonchev–Trinajstić information content (AvgIpc) is 2.41. The van der Waals surface area contributed by atoms with Crippen LogP contribution in [0.15, 0.2) is 41.6 Å². The number of aromatic nitrogens is 1. The molecule has 0 saturated carbocycles. The van der Waals surface area contributed by atoms with E-state index in [1.807, 2.05) is 6.07 Å². The van der Waals surface area contributed by atoms with Gasteiger partial charge in [-0.1, -0.05) is 17.7 Å². The lowest BCUT2D eigenvalue weighted by atomic mass is 10.1. The molecule has 1 aromatic heterocycles. The highest BCUT2D eigenvalue weighted by Gasteiger charge is 2.19. The smallest absolute Gasteiger partial charge is 0.264 e. The number of hydrogen-bond acceptors (Lipinski definition) is 4. The second kappa shape index (κ2) is 5.49. The molecule has 5 nitrogen and oxygen atoms in total. The molecule has 102 valence electrons. The SMILES string of the molecule is Cc1ccc(C#N)cc1NS(=O)(=O)c1cnccc1Cl. The van der Waals surface area contributed by atoms with E-state index in [0.29, 0.717) is 16.8 Å². The van der Waals surface area contributed by atoms with E-state index in [2.05, 4.69) is 9.71 Å². The molecule has 1 heterocycles. The maximum absolute atomic E-state index is 12.3. The van der Waals surface area contributed by atoms with Crippen molar-refractivity contribution in [2.75, 3.05) is 4.72 Å². The van der Waals surface area contributed by atoms with E-state index in [0.717, 1.165) is 0 Å². The van der Waals surface area contributed by atoms with Gasteiger partial charge in [0.15, 0.2) is 0 Å². The van der Waals surface area contributed by atoms with Crippen molar-refractivity contribution in [1.29, 1.82) is 5.26 Å². The summed E-state index contributed by atoms with van der Waals surface area (Å²) >= 11 is 5.86. The molecule has 0 saturated heterocycles. The van der Waals surface area contributed by atoms with Crippen LogP contribution in [0.25, 0.3) is 0 Å². The van der Waals surface area contributed by atoms with Gasteiger partial charge in [0.25, 0.3) is 10.0 Å². The van der Waals surface area contributed by atoms with Crippen LogP contribution in [0.5, 0.6) is 0 Å². The van der Waals surface area contributed by atoms with Crippen LogP contribution in [-0.2, 0) is 10.0 Å². The summed E-state index contributed by atoms with van der Waals surface area (Å²) in [7, 11) is -3.85. The van der Waals surface area contributed by atoms with Crippen LogP contribution in [0.4, 0.5) is 5.69 Å². The number of halogens is 1. The second-order valence-corrected chi connectivity index (χ2v) is 6.11. The average molecular weight is 308 g/mol. The van der Waals surface area contributed by atoms with Crippen molar-refractivity contribution < 1.29 is 8.42 Å². The van der Waals surface area contributed by atoms with E-state index in [9.17, 15) is 8.42 Å². The summed E-state index contributed by atoms with van der Waals surface area (Å²) in [6, 6.07) is 8.11. The summed E-state index contributed by atoms with van der Waals surface area (Å²) < 4.78 is 26.9. The Labute approximate surface area is 121 Å². The van der Waals surface area contributed by atoms with Crippen LogP contribution in [0.2, 0.25) is 5.02 Å². The van der Waals surface area contributed by atoms with Crippen LogP contribution in [0, 0.1) is 18.3 Å². The van der Waals surface area contributed by atoms with Crippen LogP contribution in [-0.4, -0.2) is 13.4 Å². The van der Waals surface area contributed by atoms with Gasteiger partial charge in [0.1, 0.15) is 4.90 Å². The lowest BCUT2D eigenvalue weighted by molar-refractivity contribution is 0.601. The molecule has 2 rings (SSSR count). The molecule has 1 aromatic carbocycles. The first kappa shape index (κ1) is 14.3. The van der Waals surface area contributed by atoms with Gasteiger partial charge in [0.05, 0.1) is 22.3 Å². The standard InChI is InChI=1S/C13H10ClN3O2S/c1-9-2-3-10(7-15)6-12(9)17-20(18,19)13-8-16-5-4-11(13)14/h2-6,8,17H,1H3. The molecular formula is C13H10ClN3O2S. The van der Waals surface area contributed by atoms with E-state index in [1.165, 1.54) is 24.5 Å². The van der Waals surface area contributed by atoms with E-state index in [1.54, 1.807) is 19.1 Å². The molecule has 7 heteroatoms. The Morgan fingerprint density at radius 3 is 2.75 bits per heavy atom. The van der Waals surface area contributed by atoms with E-state index in [-0.39, 0.29) is 9.92 Å². The number of rotatable bonds is 3. The molecule has 0 spiro atoms. The van der Waals surface area contributed by atoms with Crippen molar-refractivity contribution in [3.8, 4) is 6.07 Å². The predicted octanol–water partition coefficient (Wildman–Crippen LogP) is 2.72. The number of benzene rings is 1. The lowest BCUT2D eigenvalue weighted by Gasteiger charge is -2.11. The van der Waals surface area contributed by atoms with Crippen LogP contribution < -0.4 is 4.72 Å². The van der Waals surface area contributed by atoms with E-state index < -0.39 is 10.0 Å². The second-order valence-electron chi connectivity index (χ2n) is 4.05. The topological polar surface area (TPSA) is 82.9 Å². The Hall–Kier alpha value is -2.10. The maximum atomic E-state index is 12.3. The van der Waals surface area contributed by atoms with Crippen molar-refractivity contribution in [3.63, 3.8) is 0 Å². The number of nitriles is 1. The largest absolute Gasteiger partial charge is 0.279 e. The fourth-order valence-corrected chi connectivity index (χ4v) is 3.12. The molecule has 0 fully saturated rings. The van der Waals surface area contributed by atoms with Gasteiger partial charge >= 0.3 is 0 Å². The molecule has 0 unspecified atom stereocenters. The number of aryl methyl sites for hydroxylation is 1. The zero-order valence-corrected chi connectivity index (χ0v) is 12.0. The summed E-state index contributed by atoms with van der Waals surface area (Å²) in [6.45, 7) is 1.74. The minimum atomic E-state index is -3.85. The molecule has 0 aliphatic carbocycles. The van der Waals surface area contributed by atoms with Gasteiger partial charge < -0.3 is 0 Å². The van der Waals surface area contributed by atoms with Gasteiger partial charge in [-0.3, -0.25) is 9.71 Å². The van der Waals surface area contributed by atoms with E-state index in [4.69, 9.17) is 16.9 Å². The first-order valence-corrected chi connectivity index (χ1v) is 7.43. The molecule has 1 N–H and O–H groups in total. The van der Waals surface area contributed by atoms with Gasteiger partial charge in [-0.15, -0.1) is 0 Å². The highest BCUT2D eigenvalue weighted by atomic mass is 35.5. The van der Waals surface area contributed by atoms with Crippen LogP contribution >= 0.6 is 11.6 Å². The molecule has 0 amide bonds. The molecule has 2 aromatic rings. The summed E-state index contributed by atoms with van der Waals surface area (Å²) in [4.78, 5) is 3.65. The number of anilines is 1. The van der Waals surface area contributed by atoms with Gasteiger partial charge in [0, 0.05) is 12.4 Å². The zero-order valence-electron chi connectivity index (χ0n) is 10.5. The Kier molecular flexibility index (Phi) is 3.93. The Morgan fingerprint density at radius 1 is 1.35 bits per heavy atom. The van der Waals surface area contributed by atoms with Gasteiger partial charge in [-0.05, 0) is 30.7 Å². The quantitative estimate of drug-likeness (QED) is 0.945. The van der Waals surface area contributed by atoms with Crippen molar-refractivity contribution >= 4 is 27.3 Å². The summed E-state index contributed by atoms with van der Waals surface area (Å²) in [6.07, 6.45) is 2.58. The summed E-state index contributed by atoms with van der Waals surface area (Å²) in [5.41, 5.74) is 1.40. The summed E-state index contributed by atoms with van der Waals surface area (Å²) in [5, 5.41) is 8.94. The highest BCUT2D eigenvalue weighted by molar-refractivity contribution is 7.92. The predicted molar refractivity (Wildman–Crippen MR) is 75.9 cm³/mol. The van der Waals surface area contributed by atoms with E-state index >= 15 is 0 Å². The number of nitrogens with one attached hydrogen (secondary N) is 1. The first-order valence-electron chi connectivity index (χ1n) is 5.57. The number of pyridine rings is 1. The van der Waals surface area contributed by atoms with Crippen LogP contribution in [0.3, 0.4) is 0 Å². The number of sulfonamides is 1. The lowest BCUT2D eigenvalue weighted by Crippen LogP contribution is -2.14. The molecule has 0 aliphatic rings.